The first-order valence-electron chi connectivity index (χ1n) is 5.21. The summed E-state index contributed by atoms with van der Waals surface area (Å²) in [5.74, 6) is 1.51. The Morgan fingerprint density at radius 3 is 2.47 bits per heavy atom. The lowest BCUT2D eigenvalue weighted by Gasteiger charge is -2.06. The van der Waals surface area contributed by atoms with Gasteiger partial charge in [0.15, 0.2) is 0 Å². The molecule has 0 bridgehead atoms. The molecule has 2 aromatic carbocycles. The second-order valence-corrected chi connectivity index (χ2v) is 3.44. The van der Waals surface area contributed by atoms with Crippen molar-refractivity contribution in [3.8, 4) is 17.8 Å². The first-order valence-corrected chi connectivity index (χ1v) is 5.21. The van der Waals surface area contributed by atoms with Gasteiger partial charge in [0.25, 0.3) is 6.26 Å². The highest BCUT2D eigenvalue weighted by atomic mass is 16.5. The van der Waals surface area contributed by atoms with Crippen molar-refractivity contribution in [1.82, 2.24) is 0 Å². The molecule has 84 valence electrons. The molecule has 0 N–H and O–H groups in total. The smallest absolute Gasteiger partial charge is 0.286 e. The van der Waals surface area contributed by atoms with Gasteiger partial charge in [0.05, 0.1) is 0 Å². The highest BCUT2D eigenvalue weighted by molar-refractivity contribution is 5.33. The summed E-state index contributed by atoms with van der Waals surface area (Å²) in [4.78, 5) is 0. The van der Waals surface area contributed by atoms with Gasteiger partial charge >= 0.3 is 0 Å². The zero-order valence-electron chi connectivity index (χ0n) is 9.17. The molecule has 0 radical (unpaired) electrons. The van der Waals surface area contributed by atoms with E-state index in [1.165, 1.54) is 0 Å². The third kappa shape index (κ3) is 3.25. The molecule has 0 spiro atoms. The molecule has 0 atom stereocenters. The Bertz CT molecular complexity index is 517. The lowest BCUT2D eigenvalue weighted by molar-refractivity contribution is 0.257. The molecule has 2 rings (SSSR count). The van der Waals surface area contributed by atoms with Crippen LogP contribution < -0.4 is 4.74 Å². The molecule has 0 fully saturated rings. The Balaban J connectivity index is 2.09. The molecule has 0 aromatic heterocycles. The monoisotopic (exact) mass is 225 g/mol. The number of hydrogen-bond donors (Lipinski definition) is 0. The van der Waals surface area contributed by atoms with E-state index in [-0.39, 0.29) is 6.61 Å². The highest BCUT2D eigenvalue weighted by Crippen LogP contribution is 2.21. The second-order valence-electron chi connectivity index (χ2n) is 3.44. The van der Waals surface area contributed by atoms with E-state index in [4.69, 9.17) is 10.00 Å². The number of rotatable bonds is 4. The van der Waals surface area contributed by atoms with Crippen molar-refractivity contribution in [2.75, 3.05) is 0 Å². The van der Waals surface area contributed by atoms with E-state index in [2.05, 4.69) is 4.74 Å². The fourth-order valence-corrected chi connectivity index (χ4v) is 1.44. The van der Waals surface area contributed by atoms with E-state index in [9.17, 15) is 0 Å². The van der Waals surface area contributed by atoms with Gasteiger partial charge in [-0.15, -0.1) is 0 Å². The number of benzene rings is 2. The van der Waals surface area contributed by atoms with Crippen LogP contribution >= 0.6 is 0 Å². The highest BCUT2D eigenvalue weighted by Gasteiger charge is 1.99. The van der Waals surface area contributed by atoms with Crippen molar-refractivity contribution >= 4 is 0 Å². The minimum absolute atomic E-state index is 0.266. The van der Waals surface area contributed by atoms with Crippen LogP contribution in [0.5, 0.6) is 11.5 Å². The van der Waals surface area contributed by atoms with Gasteiger partial charge in [-0.1, -0.05) is 30.3 Å². The van der Waals surface area contributed by atoms with Gasteiger partial charge in [0.1, 0.15) is 18.1 Å². The van der Waals surface area contributed by atoms with Crippen molar-refractivity contribution in [2.24, 2.45) is 0 Å². The van der Waals surface area contributed by atoms with E-state index in [1.54, 1.807) is 6.26 Å². The van der Waals surface area contributed by atoms with Crippen molar-refractivity contribution in [1.29, 1.82) is 5.26 Å². The zero-order chi connectivity index (χ0) is 11.9. The molecule has 0 aliphatic rings. The Morgan fingerprint density at radius 1 is 0.941 bits per heavy atom. The third-order valence-corrected chi connectivity index (χ3v) is 2.18. The van der Waals surface area contributed by atoms with Gasteiger partial charge in [-0.05, 0) is 29.8 Å². The molecule has 3 nitrogen and oxygen atoms in total. The van der Waals surface area contributed by atoms with Crippen molar-refractivity contribution in [3.63, 3.8) is 0 Å². The molecule has 0 aliphatic heterocycles. The van der Waals surface area contributed by atoms with Crippen LogP contribution in [0.4, 0.5) is 0 Å². The largest absolute Gasteiger partial charge is 0.457 e. The normalized spacial score (nSPS) is 9.35. The summed E-state index contributed by atoms with van der Waals surface area (Å²) in [7, 11) is 0. The molecule has 0 amide bonds. The fraction of sp³-hybridized carbons (Fsp3) is 0.0714. The molecule has 3 heteroatoms. The Labute approximate surface area is 99.8 Å². The van der Waals surface area contributed by atoms with Gasteiger partial charge in [0, 0.05) is 0 Å². The summed E-state index contributed by atoms with van der Waals surface area (Å²) < 4.78 is 10.3. The number of para-hydroxylation sites is 1. The molecule has 17 heavy (non-hydrogen) atoms. The summed E-state index contributed by atoms with van der Waals surface area (Å²) in [5, 5.41) is 8.33. The molecular formula is C14H11NO2. The molecule has 0 saturated carbocycles. The fourth-order valence-electron chi connectivity index (χ4n) is 1.44. The van der Waals surface area contributed by atoms with Gasteiger partial charge in [-0.3, -0.25) is 0 Å². The van der Waals surface area contributed by atoms with Crippen LogP contribution in [-0.2, 0) is 11.3 Å². The predicted octanol–water partition coefficient (Wildman–Crippen LogP) is 3.48. The molecule has 0 unspecified atom stereocenters. The predicted molar refractivity (Wildman–Crippen MR) is 63.4 cm³/mol. The molecule has 2 aromatic rings. The van der Waals surface area contributed by atoms with Gasteiger partial charge in [-0.2, -0.15) is 5.26 Å². The Kier molecular flexibility index (Phi) is 3.61. The average Bonchev–Trinajstić information content (AvgIpc) is 2.38. The van der Waals surface area contributed by atoms with Gasteiger partial charge in [0.2, 0.25) is 0 Å². The summed E-state index contributed by atoms with van der Waals surface area (Å²) >= 11 is 0. The van der Waals surface area contributed by atoms with Crippen molar-refractivity contribution in [3.05, 3.63) is 60.2 Å². The minimum atomic E-state index is 0.266. The van der Waals surface area contributed by atoms with E-state index in [0.717, 1.165) is 17.1 Å². The number of nitrogens with zero attached hydrogens (tertiary/aromatic N) is 1. The van der Waals surface area contributed by atoms with Gasteiger partial charge < -0.3 is 9.47 Å². The van der Waals surface area contributed by atoms with Crippen molar-refractivity contribution < 1.29 is 9.47 Å². The quantitative estimate of drug-likeness (QED) is 0.748. The Morgan fingerprint density at radius 2 is 1.71 bits per heavy atom. The lowest BCUT2D eigenvalue weighted by atomic mass is 10.2. The van der Waals surface area contributed by atoms with Crippen LogP contribution in [0.15, 0.2) is 54.6 Å². The van der Waals surface area contributed by atoms with Crippen LogP contribution in [0.1, 0.15) is 5.56 Å². The zero-order valence-corrected chi connectivity index (χ0v) is 9.17. The summed E-state index contributed by atoms with van der Waals surface area (Å²) in [5.41, 5.74) is 0.903. The maximum atomic E-state index is 8.33. The summed E-state index contributed by atoms with van der Waals surface area (Å²) in [6, 6.07) is 17.0. The van der Waals surface area contributed by atoms with E-state index >= 15 is 0 Å². The second kappa shape index (κ2) is 5.57. The number of hydrogen-bond acceptors (Lipinski definition) is 3. The first kappa shape index (κ1) is 11.0. The Hall–Kier alpha value is -2.47. The van der Waals surface area contributed by atoms with Crippen LogP contribution in [-0.4, -0.2) is 0 Å². The van der Waals surface area contributed by atoms with Crippen molar-refractivity contribution in [2.45, 2.75) is 6.61 Å². The lowest BCUT2D eigenvalue weighted by Crippen LogP contribution is -1.89. The van der Waals surface area contributed by atoms with E-state index in [0.29, 0.717) is 0 Å². The minimum Gasteiger partial charge on any atom is -0.457 e. The topological polar surface area (TPSA) is 42.2 Å². The van der Waals surface area contributed by atoms with E-state index < -0.39 is 0 Å². The molecular weight excluding hydrogens is 214 g/mol. The maximum absolute atomic E-state index is 8.33. The molecule has 0 saturated heterocycles. The number of ether oxygens (including phenoxy) is 2. The standard InChI is InChI=1S/C14H11NO2/c15-11-16-10-12-5-4-8-14(9-12)17-13-6-2-1-3-7-13/h1-9H,10H2. The molecule has 0 aliphatic carbocycles. The average molecular weight is 225 g/mol. The SMILES string of the molecule is N#COCc1cccc(Oc2ccccc2)c1. The van der Waals surface area contributed by atoms with Crippen LogP contribution in [0, 0.1) is 11.5 Å². The first-order chi connectivity index (χ1) is 8.38. The van der Waals surface area contributed by atoms with Gasteiger partial charge in [-0.25, -0.2) is 0 Å². The number of nitriles is 1. The van der Waals surface area contributed by atoms with Crippen LogP contribution in [0.2, 0.25) is 0 Å². The summed E-state index contributed by atoms with van der Waals surface area (Å²) in [6.07, 6.45) is 1.64. The maximum Gasteiger partial charge on any atom is 0.286 e. The molecule has 0 heterocycles. The van der Waals surface area contributed by atoms with Crippen LogP contribution in [0.25, 0.3) is 0 Å². The summed E-state index contributed by atoms with van der Waals surface area (Å²) in [6.45, 7) is 0.266. The van der Waals surface area contributed by atoms with E-state index in [1.807, 2.05) is 54.6 Å². The van der Waals surface area contributed by atoms with Crippen LogP contribution in [0.3, 0.4) is 0 Å². The third-order valence-electron chi connectivity index (χ3n) is 2.18.